The van der Waals surface area contributed by atoms with Crippen LogP contribution in [0.15, 0.2) is 18.2 Å². The molecule has 2 nitrogen and oxygen atoms in total. The fourth-order valence-electron chi connectivity index (χ4n) is 2.24. The Balaban J connectivity index is 2.25. The second kappa shape index (κ2) is 4.89. The SMILES string of the molecule is OCC(c1ccc(F)cc1F)N1CCCC1. The summed E-state index contributed by atoms with van der Waals surface area (Å²) in [6, 6.07) is 3.18. The van der Waals surface area contributed by atoms with Crippen LogP contribution in [0.3, 0.4) is 0 Å². The van der Waals surface area contributed by atoms with Gasteiger partial charge < -0.3 is 5.11 Å². The van der Waals surface area contributed by atoms with Gasteiger partial charge in [-0.2, -0.15) is 0 Å². The molecule has 1 aromatic rings. The summed E-state index contributed by atoms with van der Waals surface area (Å²) in [5, 5.41) is 9.33. The molecule has 1 aliphatic rings. The van der Waals surface area contributed by atoms with Crippen LogP contribution in [0, 0.1) is 11.6 Å². The highest BCUT2D eigenvalue weighted by Gasteiger charge is 2.25. The van der Waals surface area contributed by atoms with Gasteiger partial charge in [0, 0.05) is 11.6 Å². The van der Waals surface area contributed by atoms with Gasteiger partial charge in [-0.25, -0.2) is 8.78 Å². The largest absolute Gasteiger partial charge is 0.394 e. The summed E-state index contributed by atoms with van der Waals surface area (Å²) in [6.07, 6.45) is 2.14. The van der Waals surface area contributed by atoms with E-state index >= 15 is 0 Å². The molecule has 0 aromatic heterocycles. The van der Waals surface area contributed by atoms with Gasteiger partial charge in [0.15, 0.2) is 0 Å². The quantitative estimate of drug-likeness (QED) is 0.854. The van der Waals surface area contributed by atoms with Crippen molar-refractivity contribution in [2.75, 3.05) is 19.7 Å². The van der Waals surface area contributed by atoms with Crippen LogP contribution in [-0.4, -0.2) is 29.7 Å². The van der Waals surface area contributed by atoms with Crippen molar-refractivity contribution in [3.63, 3.8) is 0 Å². The Bertz CT molecular complexity index is 364. The highest BCUT2D eigenvalue weighted by molar-refractivity contribution is 5.22. The van der Waals surface area contributed by atoms with Crippen molar-refractivity contribution in [3.8, 4) is 0 Å². The van der Waals surface area contributed by atoms with Crippen molar-refractivity contribution in [3.05, 3.63) is 35.4 Å². The van der Waals surface area contributed by atoms with Gasteiger partial charge in [-0.05, 0) is 32.0 Å². The first kappa shape index (κ1) is 11.5. The average molecular weight is 227 g/mol. The standard InChI is InChI=1S/C12H15F2NO/c13-9-3-4-10(11(14)7-9)12(8-16)15-5-1-2-6-15/h3-4,7,12,16H,1-2,5-6,8H2. The molecular formula is C12H15F2NO. The first-order chi connectivity index (χ1) is 7.72. The number of rotatable bonds is 3. The number of aliphatic hydroxyl groups is 1. The molecule has 0 amide bonds. The van der Waals surface area contributed by atoms with Gasteiger partial charge >= 0.3 is 0 Å². The van der Waals surface area contributed by atoms with Gasteiger partial charge in [-0.15, -0.1) is 0 Å². The lowest BCUT2D eigenvalue weighted by Crippen LogP contribution is -2.29. The molecular weight excluding hydrogens is 212 g/mol. The van der Waals surface area contributed by atoms with Crippen LogP contribution in [0.2, 0.25) is 0 Å². The van der Waals surface area contributed by atoms with E-state index in [2.05, 4.69) is 0 Å². The third kappa shape index (κ3) is 2.23. The maximum absolute atomic E-state index is 13.6. The molecule has 4 heteroatoms. The van der Waals surface area contributed by atoms with Crippen LogP contribution in [0.25, 0.3) is 0 Å². The Hall–Kier alpha value is -1.00. The normalized spacial score (nSPS) is 18.9. The number of benzene rings is 1. The summed E-state index contributed by atoms with van der Waals surface area (Å²) in [5.41, 5.74) is 0.380. The summed E-state index contributed by atoms with van der Waals surface area (Å²) in [5.74, 6) is -1.16. The Morgan fingerprint density at radius 1 is 1.25 bits per heavy atom. The third-order valence-electron chi connectivity index (χ3n) is 3.08. The first-order valence-corrected chi connectivity index (χ1v) is 5.52. The number of hydrogen-bond acceptors (Lipinski definition) is 2. The second-order valence-electron chi connectivity index (χ2n) is 4.11. The Morgan fingerprint density at radius 2 is 1.94 bits per heavy atom. The molecule has 1 atom stereocenters. The number of likely N-dealkylation sites (tertiary alicyclic amines) is 1. The van der Waals surface area contributed by atoms with Gasteiger partial charge in [0.05, 0.1) is 12.6 Å². The lowest BCUT2D eigenvalue weighted by molar-refractivity contribution is 0.144. The molecule has 1 unspecified atom stereocenters. The monoisotopic (exact) mass is 227 g/mol. The molecule has 1 aliphatic heterocycles. The Labute approximate surface area is 93.5 Å². The molecule has 0 radical (unpaired) electrons. The predicted molar refractivity (Wildman–Crippen MR) is 57.0 cm³/mol. The molecule has 2 rings (SSSR count). The van der Waals surface area contributed by atoms with Crippen LogP contribution in [0.1, 0.15) is 24.4 Å². The third-order valence-corrected chi connectivity index (χ3v) is 3.08. The lowest BCUT2D eigenvalue weighted by atomic mass is 10.1. The van der Waals surface area contributed by atoms with E-state index in [9.17, 15) is 13.9 Å². The smallest absolute Gasteiger partial charge is 0.130 e. The van der Waals surface area contributed by atoms with E-state index in [0.717, 1.165) is 32.0 Å². The van der Waals surface area contributed by atoms with Crippen molar-refractivity contribution in [1.29, 1.82) is 0 Å². The topological polar surface area (TPSA) is 23.5 Å². The fraction of sp³-hybridized carbons (Fsp3) is 0.500. The molecule has 16 heavy (non-hydrogen) atoms. The summed E-state index contributed by atoms with van der Waals surface area (Å²) in [4.78, 5) is 2.04. The van der Waals surface area contributed by atoms with E-state index in [1.54, 1.807) is 0 Å². The number of halogens is 2. The Kier molecular flexibility index (Phi) is 3.51. The zero-order chi connectivity index (χ0) is 11.5. The number of nitrogens with zero attached hydrogens (tertiary/aromatic N) is 1. The first-order valence-electron chi connectivity index (χ1n) is 5.52. The molecule has 1 aromatic carbocycles. The highest BCUT2D eigenvalue weighted by Crippen LogP contribution is 2.26. The van der Waals surface area contributed by atoms with E-state index in [-0.39, 0.29) is 12.6 Å². The van der Waals surface area contributed by atoms with Crippen LogP contribution < -0.4 is 0 Å². The van der Waals surface area contributed by atoms with E-state index in [1.807, 2.05) is 4.90 Å². The predicted octanol–water partition coefficient (Wildman–Crippen LogP) is 2.09. The minimum Gasteiger partial charge on any atom is -0.394 e. The zero-order valence-corrected chi connectivity index (χ0v) is 9.00. The highest BCUT2D eigenvalue weighted by atomic mass is 19.1. The van der Waals surface area contributed by atoms with Gasteiger partial charge in [0.1, 0.15) is 11.6 Å². The van der Waals surface area contributed by atoms with Crippen LogP contribution >= 0.6 is 0 Å². The minimum atomic E-state index is -0.584. The maximum Gasteiger partial charge on any atom is 0.130 e. The molecule has 88 valence electrons. The van der Waals surface area contributed by atoms with E-state index in [0.29, 0.717) is 5.56 Å². The number of aliphatic hydroxyl groups excluding tert-OH is 1. The molecule has 0 bridgehead atoms. The molecule has 0 aliphatic carbocycles. The van der Waals surface area contributed by atoms with Crippen molar-refractivity contribution in [2.45, 2.75) is 18.9 Å². The molecule has 0 spiro atoms. The Morgan fingerprint density at radius 3 is 2.50 bits per heavy atom. The fourth-order valence-corrected chi connectivity index (χ4v) is 2.24. The van der Waals surface area contributed by atoms with Gasteiger partial charge in [-0.3, -0.25) is 4.90 Å². The van der Waals surface area contributed by atoms with Crippen molar-refractivity contribution >= 4 is 0 Å². The zero-order valence-electron chi connectivity index (χ0n) is 9.00. The number of hydrogen-bond donors (Lipinski definition) is 1. The van der Waals surface area contributed by atoms with Crippen LogP contribution in [0.5, 0.6) is 0 Å². The minimum absolute atomic E-state index is 0.136. The summed E-state index contributed by atoms with van der Waals surface area (Å²) < 4.78 is 26.3. The molecule has 1 saturated heterocycles. The second-order valence-corrected chi connectivity index (χ2v) is 4.11. The van der Waals surface area contributed by atoms with Gasteiger partial charge in [0.2, 0.25) is 0 Å². The van der Waals surface area contributed by atoms with Gasteiger partial charge in [0.25, 0.3) is 0 Å². The van der Waals surface area contributed by atoms with Crippen LogP contribution in [0.4, 0.5) is 8.78 Å². The average Bonchev–Trinajstić information content (AvgIpc) is 2.75. The maximum atomic E-state index is 13.6. The summed E-state index contributed by atoms with van der Waals surface area (Å²) in [6.45, 7) is 1.59. The summed E-state index contributed by atoms with van der Waals surface area (Å²) in [7, 11) is 0. The van der Waals surface area contributed by atoms with Crippen LogP contribution in [-0.2, 0) is 0 Å². The van der Waals surface area contributed by atoms with E-state index in [4.69, 9.17) is 0 Å². The van der Waals surface area contributed by atoms with Gasteiger partial charge in [-0.1, -0.05) is 6.07 Å². The van der Waals surface area contributed by atoms with E-state index in [1.165, 1.54) is 12.1 Å². The summed E-state index contributed by atoms with van der Waals surface area (Å²) >= 11 is 0. The molecule has 1 heterocycles. The molecule has 1 N–H and O–H groups in total. The van der Waals surface area contributed by atoms with Crippen molar-refractivity contribution < 1.29 is 13.9 Å². The van der Waals surface area contributed by atoms with Crippen molar-refractivity contribution in [1.82, 2.24) is 4.90 Å². The van der Waals surface area contributed by atoms with Crippen molar-refractivity contribution in [2.24, 2.45) is 0 Å². The lowest BCUT2D eigenvalue weighted by Gasteiger charge is -2.26. The molecule has 1 fully saturated rings. The molecule has 0 saturated carbocycles. The van der Waals surface area contributed by atoms with E-state index < -0.39 is 11.6 Å².